The number of rotatable bonds is 8. The summed E-state index contributed by atoms with van der Waals surface area (Å²) in [6, 6.07) is 11.0. The van der Waals surface area contributed by atoms with Crippen molar-refractivity contribution in [2.24, 2.45) is 5.14 Å². The van der Waals surface area contributed by atoms with Crippen molar-refractivity contribution in [2.45, 2.75) is 31.3 Å². The normalized spacial score (nSPS) is 12.1. The molecule has 3 N–H and O–H groups in total. The van der Waals surface area contributed by atoms with Crippen LogP contribution in [0.5, 0.6) is 5.75 Å². The van der Waals surface area contributed by atoms with E-state index in [0.717, 1.165) is 11.1 Å². The van der Waals surface area contributed by atoms with Gasteiger partial charge in [-0.3, -0.25) is 4.79 Å². The second-order valence-electron chi connectivity index (χ2n) is 6.46. The number of nitrogens with two attached hydrogens (primary N) is 1. The number of amides is 1. The molecule has 0 heterocycles. The second kappa shape index (κ2) is 9.53. The van der Waals surface area contributed by atoms with Gasteiger partial charge in [0, 0.05) is 6.54 Å². The third-order valence-electron chi connectivity index (χ3n) is 4.26. The average molecular weight is 420 g/mol. The van der Waals surface area contributed by atoms with E-state index < -0.39 is 28.0 Å². The van der Waals surface area contributed by atoms with Gasteiger partial charge in [-0.1, -0.05) is 18.2 Å². The molecule has 2 rings (SSSR count). The van der Waals surface area contributed by atoms with Gasteiger partial charge in [0.25, 0.3) is 5.91 Å². The molecule has 2 aromatic rings. The molecule has 2 aromatic carbocycles. The van der Waals surface area contributed by atoms with Gasteiger partial charge in [-0.05, 0) is 55.7 Å². The van der Waals surface area contributed by atoms with Crippen molar-refractivity contribution < 1.29 is 27.5 Å². The van der Waals surface area contributed by atoms with Crippen molar-refractivity contribution >= 4 is 21.9 Å². The van der Waals surface area contributed by atoms with Gasteiger partial charge in [0.15, 0.2) is 6.10 Å². The number of hydrogen-bond donors (Lipinski definition) is 2. The van der Waals surface area contributed by atoms with E-state index in [9.17, 15) is 18.0 Å². The Labute approximate surface area is 170 Å². The molecule has 0 radical (unpaired) electrons. The lowest BCUT2D eigenvalue weighted by molar-refractivity contribution is -0.129. The van der Waals surface area contributed by atoms with Gasteiger partial charge in [-0.15, -0.1) is 0 Å². The summed E-state index contributed by atoms with van der Waals surface area (Å²) in [4.78, 5) is 24.4. The number of esters is 1. The van der Waals surface area contributed by atoms with Gasteiger partial charge in [-0.2, -0.15) is 0 Å². The molecule has 8 nitrogen and oxygen atoms in total. The van der Waals surface area contributed by atoms with Crippen LogP contribution in [0.25, 0.3) is 0 Å². The largest absolute Gasteiger partial charge is 0.496 e. The number of carbonyl (C=O) groups excluding carboxylic acids is 2. The van der Waals surface area contributed by atoms with Gasteiger partial charge in [0.1, 0.15) is 5.75 Å². The molecule has 0 saturated carbocycles. The van der Waals surface area contributed by atoms with Crippen molar-refractivity contribution in [2.75, 3.05) is 13.7 Å². The van der Waals surface area contributed by atoms with E-state index in [4.69, 9.17) is 14.6 Å². The van der Waals surface area contributed by atoms with Crippen molar-refractivity contribution in [3.63, 3.8) is 0 Å². The van der Waals surface area contributed by atoms with Gasteiger partial charge in [0.05, 0.1) is 17.6 Å². The number of methoxy groups -OCH3 is 1. The van der Waals surface area contributed by atoms with Gasteiger partial charge < -0.3 is 14.8 Å². The Hall–Kier alpha value is -2.91. The molecule has 0 aliphatic heterocycles. The molecular weight excluding hydrogens is 396 g/mol. The zero-order valence-electron chi connectivity index (χ0n) is 16.5. The predicted octanol–water partition coefficient (Wildman–Crippen LogP) is 1.56. The average Bonchev–Trinajstić information content (AvgIpc) is 2.67. The lowest BCUT2D eigenvalue weighted by atomic mass is 10.1. The first-order valence-corrected chi connectivity index (χ1v) is 10.4. The van der Waals surface area contributed by atoms with E-state index in [2.05, 4.69) is 5.32 Å². The maximum atomic E-state index is 12.2. The molecule has 1 amide bonds. The maximum Gasteiger partial charge on any atom is 0.339 e. The highest BCUT2D eigenvalue weighted by Crippen LogP contribution is 2.19. The van der Waals surface area contributed by atoms with Crippen LogP contribution in [0.4, 0.5) is 0 Å². The lowest BCUT2D eigenvalue weighted by Crippen LogP contribution is -2.36. The minimum atomic E-state index is -3.73. The number of benzene rings is 2. The Morgan fingerprint density at radius 2 is 1.79 bits per heavy atom. The van der Waals surface area contributed by atoms with Crippen LogP contribution in [0.1, 0.15) is 28.4 Å². The number of sulfonamides is 1. The summed E-state index contributed by atoms with van der Waals surface area (Å²) < 4.78 is 32.9. The number of hydrogen-bond acceptors (Lipinski definition) is 6. The van der Waals surface area contributed by atoms with Crippen LogP contribution in [-0.2, 0) is 26.0 Å². The van der Waals surface area contributed by atoms with Crippen molar-refractivity contribution in [3.8, 4) is 5.75 Å². The summed E-state index contributed by atoms with van der Waals surface area (Å²) in [5.41, 5.74) is 2.00. The SMILES string of the molecule is COc1cc(C(=O)O[C@H](C)C(=O)NCCc2ccc(S(N)(=O)=O)cc2)ccc1C. The van der Waals surface area contributed by atoms with Crippen LogP contribution in [-0.4, -0.2) is 40.1 Å². The summed E-state index contributed by atoms with van der Waals surface area (Å²) in [6.45, 7) is 3.64. The molecule has 0 fully saturated rings. The Morgan fingerprint density at radius 3 is 2.38 bits per heavy atom. The molecule has 156 valence electrons. The number of primary sulfonamides is 1. The monoisotopic (exact) mass is 420 g/mol. The van der Waals surface area contributed by atoms with Crippen molar-refractivity contribution in [1.82, 2.24) is 5.32 Å². The van der Waals surface area contributed by atoms with E-state index in [0.29, 0.717) is 24.3 Å². The van der Waals surface area contributed by atoms with Gasteiger partial charge in [-0.25, -0.2) is 18.4 Å². The molecule has 0 spiro atoms. The summed E-state index contributed by atoms with van der Waals surface area (Å²) in [6.07, 6.45) is -0.494. The first kappa shape index (κ1) is 22.4. The molecule has 29 heavy (non-hydrogen) atoms. The third-order valence-corrected chi connectivity index (χ3v) is 5.19. The van der Waals surface area contributed by atoms with Crippen molar-refractivity contribution in [1.29, 1.82) is 0 Å². The number of ether oxygens (including phenoxy) is 2. The van der Waals surface area contributed by atoms with Crippen LogP contribution >= 0.6 is 0 Å². The lowest BCUT2D eigenvalue weighted by Gasteiger charge is -2.14. The summed E-state index contributed by atoms with van der Waals surface area (Å²) in [5.74, 6) is -0.492. The number of aryl methyl sites for hydroxylation is 1. The quantitative estimate of drug-likeness (QED) is 0.625. The number of nitrogens with one attached hydrogen (secondary N) is 1. The third kappa shape index (κ3) is 6.30. The molecule has 1 atom stereocenters. The minimum Gasteiger partial charge on any atom is -0.496 e. The van der Waals surface area contributed by atoms with Crippen LogP contribution in [0, 0.1) is 6.92 Å². The zero-order valence-corrected chi connectivity index (χ0v) is 17.3. The Morgan fingerprint density at radius 1 is 1.14 bits per heavy atom. The summed E-state index contributed by atoms with van der Waals surface area (Å²) >= 11 is 0. The minimum absolute atomic E-state index is 0.0264. The zero-order chi connectivity index (χ0) is 21.6. The van der Waals surface area contributed by atoms with E-state index in [1.54, 1.807) is 30.3 Å². The summed E-state index contributed by atoms with van der Waals surface area (Å²) in [5, 5.41) is 7.73. The van der Waals surface area contributed by atoms with Crippen molar-refractivity contribution in [3.05, 3.63) is 59.2 Å². The standard InChI is InChI=1S/C20H24N2O6S/c1-13-4-7-16(12-18(13)27-3)20(24)28-14(2)19(23)22-11-10-15-5-8-17(9-6-15)29(21,25)26/h4-9,12,14H,10-11H2,1-3H3,(H,22,23)(H2,21,25,26)/t14-/m1/s1. The van der Waals surface area contributed by atoms with E-state index in [1.807, 2.05) is 6.92 Å². The Kier molecular flexibility index (Phi) is 7.35. The highest BCUT2D eigenvalue weighted by molar-refractivity contribution is 7.89. The first-order chi connectivity index (χ1) is 13.6. The highest BCUT2D eigenvalue weighted by Gasteiger charge is 2.19. The van der Waals surface area contributed by atoms with Gasteiger partial charge >= 0.3 is 5.97 Å². The molecule has 9 heteroatoms. The van der Waals surface area contributed by atoms with E-state index in [-0.39, 0.29) is 4.90 Å². The molecule has 0 saturated heterocycles. The highest BCUT2D eigenvalue weighted by atomic mass is 32.2. The fraction of sp³-hybridized carbons (Fsp3) is 0.300. The van der Waals surface area contributed by atoms with Gasteiger partial charge in [0.2, 0.25) is 10.0 Å². The topological polar surface area (TPSA) is 125 Å². The van der Waals surface area contributed by atoms with E-state index in [1.165, 1.54) is 26.2 Å². The Bertz CT molecular complexity index is 987. The Balaban J connectivity index is 1.85. The summed E-state index contributed by atoms with van der Waals surface area (Å²) in [7, 11) is -2.22. The predicted molar refractivity (Wildman–Crippen MR) is 107 cm³/mol. The fourth-order valence-corrected chi connectivity index (χ4v) is 3.06. The molecule has 0 bridgehead atoms. The van der Waals surface area contributed by atoms with Crippen LogP contribution in [0.2, 0.25) is 0 Å². The molecule has 0 aromatic heterocycles. The fourth-order valence-electron chi connectivity index (χ4n) is 2.55. The van der Waals surface area contributed by atoms with E-state index >= 15 is 0 Å². The van der Waals surface area contributed by atoms with Crippen LogP contribution in [0.3, 0.4) is 0 Å². The first-order valence-electron chi connectivity index (χ1n) is 8.87. The maximum absolute atomic E-state index is 12.2. The smallest absolute Gasteiger partial charge is 0.339 e. The molecule has 0 aliphatic carbocycles. The second-order valence-corrected chi connectivity index (χ2v) is 8.02. The van der Waals surface area contributed by atoms with Crippen LogP contribution in [0.15, 0.2) is 47.4 Å². The molecule has 0 aliphatic rings. The molecule has 0 unspecified atom stereocenters. The molecular formula is C20H24N2O6S. The van der Waals surface area contributed by atoms with Crippen LogP contribution < -0.4 is 15.2 Å². The number of carbonyl (C=O) groups is 2.